The van der Waals surface area contributed by atoms with Crippen LogP contribution in [0.5, 0.6) is 0 Å². The monoisotopic (exact) mass is 350 g/mol. The lowest BCUT2D eigenvalue weighted by atomic mass is 11.0. The van der Waals surface area contributed by atoms with Crippen LogP contribution in [0.2, 0.25) is 0 Å². The summed E-state index contributed by atoms with van der Waals surface area (Å²) >= 11 is 0. The van der Waals surface area contributed by atoms with Crippen molar-refractivity contribution in [1.82, 2.24) is 23.4 Å². The molecule has 15 N–H and O–H groups in total. The Kier molecular flexibility index (Phi) is 13.5. The molecule has 0 spiro atoms. The zero-order valence-corrected chi connectivity index (χ0v) is 13.4. The topological polar surface area (TPSA) is 294 Å². The molecule has 0 rings (SSSR count). The Hall–Kier alpha value is 0.290. The number of quaternary nitrogens is 3. The average molecular weight is 350 g/mol. The van der Waals surface area contributed by atoms with Crippen LogP contribution >= 0.6 is 22.8 Å². The minimum atomic E-state index is -5.18. The van der Waals surface area contributed by atoms with Crippen molar-refractivity contribution in [2.24, 2.45) is 0 Å². The highest BCUT2D eigenvalue weighted by Crippen LogP contribution is 2.41. The molecular weight excluding hydrogens is 329 g/mol. The van der Waals surface area contributed by atoms with E-state index in [0.717, 1.165) is 0 Å². The summed E-state index contributed by atoms with van der Waals surface area (Å²) in [5.41, 5.74) is 0. The maximum Gasteiger partial charge on any atom is 0.339 e. The Morgan fingerprint density at radius 3 is 1.37 bits per heavy atom. The van der Waals surface area contributed by atoms with Crippen LogP contribution in [0.4, 0.5) is 0 Å². The Labute approximate surface area is 109 Å². The molecule has 0 radical (unpaired) electrons. The van der Waals surface area contributed by atoms with Crippen LogP contribution in [0.3, 0.4) is 0 Å². The fraction of sp³-hybridized carbons (Fsp3) is 1.00. The van der Waals surface area contributed by atoms with Gasteiger partial charge in [-0.25, -0.2) is 0 Å². The van der Waals surface area contributed by atoms with E-state index < -0.39 is 41.6 Å². The van der Waals surface area contributed by atoms with Crippen LogP contribution < -0.4 is 33.1 Å². The molecule has 0 saturated carbocycles. The molecular formula is C3H21N4O9P3. The molecule has 0 aromatic carbocycles. The first kappa shape index (κ1) is 27.6. The molecule has 0 aromatic rings. The van der Waals surface area contributed by atoms with Crippen molar-refractivity contribution in [1.29, 1.82) is 0 Å². The van der Waals surface area contributed by atoms with Gasteiger partial charge in [-0.2, -0.15) is 0 Å². The van der Waals surface area contributed by atoms with Gasteiger partial charge in [0, 0.05) is 6.29 Å². The van der Waals surface area contributed by atoms with Crippen LogP contribution in [0.25, 0.3) is 0 Å². The van der Waals surface area contributed by atoms with E-state index in [1.807, 2.05) is 0 Å². The van der Waals surface area contributed by atoms with Crippen LogP contribution in [-0.2, 0) is 13.7 Å². The predicted octanol–water partition coefficient (Wildman–Crippen LogP) is -2.07. The van der Waals surface area contributed by atoms with Crippen molar-refractivity contribution in [3.05, 3.63) is 0 Å². The molecule has 0 aliphatic heterocycles. The van der Waals surface area contributed by atoms with E-state index in [-0.39, 0.29) is 23.4 Å². The van der Waals surface area contributed by atoms with Crippen molar-refractivity contribution in [2.45, 2.75) is 0 Å². The van der Waals surface area contributed by atoms with E-state index in [0.29, 0.717) is 0 Å². The highest BCUT2D eigenvalue weighted by atomic mass is 31.2. The third-order valence-electron chi connectivity index (χ3n) is 1.14. The van der Waals surface area contributed by atoms with Gasteiger partial charge in [0.1, 0.15) is 13.9 Å². The summed E-state index contributed by atoms with van der Waals surface area (Å²) in [4.78, 5) is 56.6. The van der Waals surface area contributed by atoms with Crippen molar-refractivity contribution >= 4 is 22.8 Å². The predicted molar refractivity (Wildman–Crippen MR) is 63.9 cm³/mol. The highest BCUT2D eigenvalue weighted by Gasteiger charge is 2.22. The second-order valence-corrected chi connectivity index (χ2v) is 7.68. The summed E-state index contributed by atoms with van der Waals surface area (Å²) in [5.74, 6) is 0. The van der Waals surface area contributed by atoms with E-state index in [1.54, 1.807) is 0 Å². The Balaban J connectivity index is -0.000000375. The van der Waals surface area contributed by atoms with Gasteiger partial charge in [-0.3, -0.25) is 9.46 Å². The van der Waals surface area contributed by atoms with Crippen molar-refractivity contribution in [3.8, 4) is 0 Å². The smallest absolute Gasteiger partial charge is 0.339 e. The van der Waals surface area contributed by atoms with Gasteiger partial charge < -0.3 is 56.9 Å². The molecule has 16 heteroatoms. The Bertz CT molecular complexity index is 314. The second-order valence-electron chi connectivity index (χ2n) is 3.01. The second kappa shape index (κ2) is 9.27. The molecule has 1 unspecified atom stereocenters. The van der Waals surface area contributed by atoms with Gasteiger partial charge in [-0.1, -0.05) is 7.60 Å². The van der Waals surface area contributed by atoms with Gasteiger partial charge in [-0.05, 0) is 0 Å². The van der Waals surface area contributed by atoms with Gasteiger partial charge in [0.2, 0.25) is 0 Å². The van der Waals surface area contributed by atoms with E-state index in [2.05, 4.69) is 0 Å². The standard InChI is InChI=1S/C3H12NO9P3.3H3N/c5-14(6,7)1-4(2-15(8,9)10)3-16(11,12)13;;;/h1-3H2,(H2,5,6,7)(H2,8,9,10)(H2,11,12,13);3*1H3. The quantitative estimate of drug-likeness (QED) is 0.284. The van der Waals surface area contributed by atoms with Crippen LogP contribution in [0.1, 0.15) is 0 Å². The normalized spacial score (nSPS) is 14.7. The fourth-order valence-corrected chi connectivity index (χ4v) is 3.48. The third-order valence-corrected chi connectivity index (χ3v) is 3.41. The van der Waals surface area contributed by atoms with Crippen LogP contribution in [0.15, 0.2) is 0 Å². The Morgan fingerprint density at radius 2 is 1.16 bits per heavy atom. The lowest BCUT2D eigenvalue weighted by molar-refractivity contribution is -0.315. The third kappa shape index (κ3) is 20.8. The molecule has 13 nitrogen and oxygen atoms in total. The molecule has 0 saturated heterocycles. The van der Waals surface area contributed by atoms with E-state index in [4.69, 9.17) is 14.7 Å². The van der Waals surface area contributed by atoms with Crippen LogP contribution in [0, 0.1) is 0 Å². The minimum Gasteiger partial charge on any atom is -0.810 e. The molecule has 122 valence electrons. The van der Waals surface area contributed by atoms with Crippen molar-refractivity contribution < 1.29 is 43.1 Å². The molecule has 1 atom stereocenters. The minimum absolute atomic E-state index is 0. The fourth-order valence-electron chi connectivity index (χ4n) is 0.892. The molecule has 19 heavy (non-hydrogen) atoms. The maximum absolute atomic E-state index is 10.5. The first-order chi connectivity index (χ1) is 6.79. The summed E-state index contributed by atoms with van der Waals surface area (Å²) in [5, 5.41) is 0. The largest absolute Gasteiger partial charge is 0.810 e. The SMILES string of the molecule is O=P([O-])([O-])CN(CP(=O)([O-])O)CP(=O)(O)O.[NH4+].[NH4+].[NH4+]. The zero-order chi connectivity index (χ0) is 13.2. The average Bonchev–Trinajstić information content (AvgIpc) is 1.70. The first-order valence-corrected chi connectivity index (χ1v) is 8.88. The first-order valence-electron chi connectivity index (χ1n) is 3.59. The van der Waals surface area contributed by atoms with Crippen molar-refractivity contribution in [3.63, 3.8) is 0 Å². The van der Waals surface area contributed by atoms with Crippen molar-refractivity contribution in [2.75, 3.05) is 18.9 Å². The summed E-state index contributed by atoms with van der Waals surface area (Å²) in [7, 11) is -14.9. The van der Waals surface area contributed by atoms with Gasteiger partial charge in [0.15, 0.2) is 0 Å². The molecule has 0 aliphatic rings. The van der Waals surface area contributed by atoms with Crippen LogP contribution in [-0.4, -0.2) is 38.4 Å². The Morgan fingerprint density at radius 1 is 0.789 bits per heavy atom. The number of rotatable bonds is 6. The van der Waals surface area contributed by atoms with Gasteiger partial charge in [0.05, 0.1) is 6.29 Å². The lowest BCUT2D eigenvalue weighted by Crippen LogP contribution is -2.34. The van der Waals surface area contributed by atoms with E-state index in [1.165, 1.54) is 0 Å². The molecule has 0 heterocycles. The molecule has 0 amide bonds. The summed E-state index contributed by atoms with van der Waals surface area (Å²) in [6.45, 7) is 0. The maximum atomic E-state index is 10.5. The number of nitrogens with zero attached hydrogens (tertiary/aromatic N) is 1. The summed E-state index contributed by atoms with van der Waals surface area (Å²) < 4.78 is 31.2. The summed E-state index contributed by atoms with van der Waals surface area (Å²) in [6.07, 6.45) is -3.98. The molecule has 0 aliphatic carbocycles. The molecule has 0 bridgehead atoms. The number of hydrogen-bond acceptors (Lipinski definition) is 7. The van der Waals surface area contributed by atoms with E-state index >= 15 is 0 Å². The lowest BCUT2D eigenvalue weighted by Gasteiger charge is -2.37. The molecule has 0 aromatic heterocycles. The number of hydrogen-bond donors (Lipinski definition) is 6. The van der Waals surface area contributed by atoms with Gasteiger partial charge in [0.25, 0.3) is 0 Å². The van der Waals surface area contributed by atoms with Gasteiger partial charge in [-0.15, -0.1) is 0 Å². The zero-order valence-electron chi connectivity index (χ0n) is 10.7. The van der Waals surface area contributed by atoms with E-state index in [9.17, 15) is 28.4 Å². The summed E-state index contributed by atoms with van der Waals surface area (Å²) in [6, 6.07) is 0. The van der Waals surface area contributed by atoms with Gasteiger partial charge >= 0.3 is 7.60 Å². The molecule has 0 fully saturated rings. The highest BCUT2D eigenvalue weighted by molar-refractivity contribution is 7.52.